The summed E-state index contributed by atoms with van der Waals surface area (Å²) in [4.78, 5) is 15.2. The zero-order chi connectivity index (χ0) is 14.5. The van der Waals surface area contributed by atoms with E-state index in [1.165, 1.54) is 4.88 Å². The fourth-order valence-electron chi connectivity index (χ4n) is 2.68. The van der Waals surface area contributed by atoms with Crippen molar-refractivity contribution < 1.29 is 4.79 Å². The van der Waals surface area contributed by atoms with Crippen LogP contribution in [0.4, 0.5) is 4.79 Å². The van der Waals surface area contributed by atoms with Crippen LogP contribution in [0.5, 0.6) is 0 Å². The van der Waals surface area contributed by atoms with Gasteiger partial charge >= 0.3 is 6.03 Å². The molecule has 2 aromatic heterocycles. The first kappa shape index (κ1) is 14.1. The second-order valence-electron chi connectivity index (χ2n) is 5.40. The molecule has 2 aromatic rings. The van der Waals surface area contributed by atoms with Gasteiger partial charge in [0.15, 0.2) is 0 Å². The fourth-order valence-corrected chi connectivity index (χ4v) is 3.32. The molecule has 3 heterocycles. The third-order valence-corrected chi connectivity index (χ3v) is 4.78. The number of urea groups is 1. The highest BCUT2D eigenvalue weighted by atomic mass is 32.1. The summed E-state index contributed by atoms with van der Waals surface area (Å²) in [6.45, 7) is 3.26. The summed E-state index contributed by atoms with van der Waals surface area (Å²) in [5, 5.41) is 9.27. The van der Waals surface area contributed by atoms with Crippen molar-refractivity contribution in [2.24, 2.45) is 5.92 Å². The third-order valence-electron chi connectivity index (χ3n) is 3.90. The summed E-state index contributed by atoms with van der Waals surface area (Å²) in [5.41, 5.74) is 0. The van der Waals surface area contributed by atoms with Gasteiger partial charge in [-0.2, -0.15) is 5.10 Å². The molecule has 3 rings (SSSR count). The molecule has 21 heavy (non-hydrogen) atoms. The normalized spacial score (nSPS) is 16.1. The Labute approximate surface area is 128 Å². The van der Waals surface area contributed by atoms with Crippen LogP contribution in [-0.4, -0.2) is 33.8 Å². The SMILES string of the molecule is O=C(NCc1cccs1)N1CCC(Cn2cccn2)CC1. The molecule has 112 valence electrons. The van der Waals surface area contributed by atoms with Crippen molar-refractivity contribution in [1.82, 2.24) is 20.0 Å². The smallest absolute Gasteiger partial charge is 0.317 e. The number of piperidine rings is 1. The van der Waals surface area contributed by atoms with Crippen LogP contribution in [0, 0.1) is 5.92 Å². The molecule has 0 aromatic carbocycles. The van der Waals surface area contributed by atoms with Crippen LogP contribution in [0.3, 0.4) is 0 Å². The number of nitrogens with zero attached hydrogens (tertiary/aromatic N) is 3. The van der Waals surface area contributed by atoms with Crippen LogP contribution in [-0.2, 0) is 13.1 Å². The van der Waals surface area contributed by atoms with Gasteiger partial charge in [-0.25, -0.2) is 4.79 Å². The van der Waals surface area contributed by atoms with Crippen LogP contribution in [0.2, 0.25) is 0 Å². The number of nitrogens with one attached hydrogen (secondary N) is 1. The van der Waals surface area contributed by atoms with E-state index in [4.69, 9.17) is 0 Å². The zero-order valence-corrected chi connectivity index (χ0v) is 12.8. The minimum Gasteiger partial charge on any atom is -0.333 e. The molecule has 1 saturated heterocycles. The second-order valence-corrected chi connectivity index (χ2v) is 6.43. The van der Waals surface area contributed by atoms with Gasteiger partial charge < -0.3 is 10.2 Å². The molecule has 0 spiro atoms. The number of hydrogen-bond donors (Lipinski definition) is 1. The maximum absolute atomic E-state index is 12.1. The van der Waals surface area contributed by atoms with E-state index < -0.39 is 0 Å². The van der Waals surface area contributed by atoms with E-state index in [1.54, 1.807) is 11.3 Å². The number of carbonyl (C=O) groups excluding carboxylic acids is 1. The number of amides is 2. The van der Waals surface area contributed by atoms with Crippen molar-refractivity contribution >= 4 is 17.4 Å². The van der Waals surface area contributed by atoms with Crippen molar-refractivity contribution in [3.05, 3.63) is 40.8 Å². The largest absolute Gasteiger partial charge is 0.333 e. The Morgan fingerprint density at radius 2 is 2.24 bits per heavy atom. The van der Waals surface area contributed by atoms with Crippen molar-refractivity contribution in [2.45, 2.75) is 25.9 Å². The van der Waals surface area contributed by atoms with Gasteiger partial charge in [-0.15, -0.1) is 11.3 Å². The van der Waals surface area contributed by atoms with E-state index in [0.717, 1.165) is 32.5 Å². The monoisotopic (exact) mass is 304 g/mol. The Morgan fingerprint density at radius 3 is 2.90 bits per heavy atom. The molecule has 2 amide bonds. The van der Waals surface area contributed by atoms with E-state index in [2.05, 4.69) is 10.4 Å². The Bertz CT molecular complexity index is 544. The number of rotatable bonds is 4. The lowest BCUT2D eigenvalue weighted by molar-refractivity contribution is 0.164. The van der Waals surface area contributed by atoms with E-state index >= 15 is 0 Å². The molecule has 6 heteroatoms. The van der Waals surface area contributed by atoms with Crippen LogP contribution in [0.15, 0.2) is 36.0 Å². The summed E-state index contributed by atoms with van der Waals surface area (Å²) in [5.74, 6) is 0.617. The molecule has 0 radical (unpaired) electrons. The summed E-state index contributed by atoms with van der Waals surface area (Å²) >= 11 is 1.67. The van der Waals surface area contributed by atoms with Crippen molar-refractivity contribution in [3.8, 4) is 0 Å². The predicted octanol–water partition coefficient (Wildman–Crippen LogP) is 2.57. The van der Waals surface area contributed by atoms with E-state index in [0.29, 0.717) is 12.5 Å². The van der Waals surface area contributed by atoms with E-state index in [1.807, 2.05) is 45.6 Å². The summed E-state index contributed by atoms with van der Waals surface area (Å²) in [6, 6.07) is 6.06. The molecule has 1 aliphatic rings. The molecule has 0 unspecified atom stereocenters. The molecular weight excluding hydrogens is 284 g/mol. The second kappa shape index (κ2) is 6.76. The Hall–Kier alpha value is -1.82. The van der Waals surface area contributed by atoms with E-state index in [-0.39, 0.29) is 6.03 Å². The van der Waals surface area contributed by atoms with Crippen molar-refractivity contribution in [2.75, 3.05) is 13.1 Å². The number of carbonyl (C=O) groups is 1. The number of hydrogen-bond acceptors (Lipinski definition) is 3. The first-order valence-electron chi connectivity index (χ1n) is 7.34. The maximum atomic E-state index is 12.1. The maximum Gasteiger partial charge on any atom is 0.317 e. The summed E-state index contributed by atoms with van der Waals surface area (Å²) < 4.78 is 1.98. The molecule has 0 aliphatic carbocycles. The molecule has 0 bridgehead atoms. The molecular formula is C15H20N4OS. The first-order valence-corrected chi connectivity index (χ1v) is 8.22. The topological polar surface area (TPSA) is 50.2 Å². The fraction of sp³-hybridized carbons (Fsp3) is 0.467. The predicted molar refractivity (Wildman–Crippen MR) is 83.1 cm³/mol. The quantitative estimate of drug-likeness (QED) is 0.944. The minimum atomic E-state index is 0.0564. The van der Waals surface area contributed by atoms with Gasteiger partial charge in [-0.1, -0.05) is 6.07 Å². The van der Waals surface area contributed by atoms with Gasteiger partial charge in [-0.3, -0.25) is 4.68 Å². The van der Waals surface area contributed by atoms with Gasteiger partial charge in [0.1, 0.15) is 0 Å². The lowest BCUT2D eigenvalue weighted by Gasteiger charge is -2.31. The number of thiophene rings is 1. The Kier molecular flexibility index (Phi) is 4.55. The molecule has 1 fully saturated rings. The van der Waals surface area contributed by atoms with Crippen LogP contribution < -0.4 is 5.32 Å². The highest BCUT2D eigenvalue weighted by Crippen LogP contribution is 2.19. The summed E-state index contributed by atoms with van der Waals surface area (Å²) in [6.07, 6.45) is 5.91. The van der Waals surface area contributed by atoms with Gasteiger partial charge in [0.25, 0.3) is 0 Å². The molecule has 0 saturated carbocycles. The highest BCUT2D eigenvalue weighted by molar-refractivity contribution is 7.09. The average molecular weight is 304 g/mol. The van der Waals surface area contributed by atoms with Gasteiger partial charge in [0, 0.05) is 36.9 Å². The minimum absolute atomic E-state index is 0.0564. The number of aromatic nitrogens is 2. The van der Waals surface area contributed by atoms with Gasteiger partial charge in [-0.05, 0) is 36.3 Å². The molecule has 1 aliphatic heterocycles. The first-order chi connectivity index (χ1) is 10.3. The highest BCUT2D eigenvalue weighted by Gasteiger charge is 2.22. The van der Waals surface area contributed by atoms with Crippen LogP contribution in [0.1, 0.15) is 17.7 Å². The molecule has 0 atom stereocenters. The van der Waals surface area contributed by atoms with Crippen molar-refractivity contribution in [3.63, 3.8) is 0 Å². The average Bonchev–Trinajstić information content (AvgIpc) is 3.19. The van der Waals surface area contributed by atoms with Gasteiger partial charge in [0.2, 0.25) is 0 Å². The zero-order valence-electron chi connectivity index (χ0n) is 11.9. The standard InChI is InChI=1S/C15H20N4OS/c20-15(16-11-14-3-1-10-21-14)18-8-4-13(5-9-18)12-19-7-2-6-17-19/h1-3,6-7,10,13H,4-5,8-9,11-12H2,(H,16,20). The Balaban J connectivity index is 1.41. The lowest BCUT2D eigenvalue weighted by atomic mass is 9.97. The van der Waals surface area contributed by atoms with Crippen molar-refractivity contribution in [1.29, 1.82) is 0 Å². The Morgan fingerprint density at radius 1 is 1.38 bits per heavy atom. The van der Waals surface area contributed by atoms with Crippen LogP contribution >= 0.6 is 11.3 Å². The van der Waals surface area contributed by atoms with Crippen LogP contribution in [0.25, 0.3) is 0 Å². The number of likely N-dealkylation sites (tertiary alicyclic amines) is 1. The van der Waals surface area contributed by atoms with Gasteiger partial charge in [0.05, 0.1) is 6.54 Å². The lowest BCUT2D eigenvalue weighted by Crippen LogP contribution is -2.44. The molecule has 5 nitrogen and oxygen atoms in total. The summed E-state index contributed by atoms with van der Waals surface area (Å²) in [7, 11) is 0. The molecule has 1 N–H and O–H groups in total. The van der Waals surface area contributed by atoms with E-state index in [9.17, 15) is 4.79 Å². The third kappa shape index (κ3) is 3.85.